The van der Waals surface area contributed by atoms with E-state index < -0.39 is 0 Å². The maximum Gasteiger partial charge on any atom is 0.0477 e. The lowest BCUT2D eigenvalue weighted by atomic mass is 10.1. The molecule has 0 radical (unpaired) electrons. The van der Waals surface area contributed by atoms with Crippen molar-refractivity contribution in [2.24, 2.45) is 5.73 Å². The van der Waals surface area contributed by atoms with Gasteiger partial charge in [-0.2, -0.15) is 0 Å². The van der Waals surface area contributed by atoms with Crippen molar-refractivity contribution >= 4 is 0 Å². The van der Waals surface area contributed by atoms with Gasteiger partial charge < -0.3 is 10.5 Å². The predicted octanol–water partition coefficient (Wildman–Crippen LogP) is 2.25. The summed E-state index contributed by atoms with van der Waals surface area (Å²) in [5.74, 6) is 0. The first-order valence-corrected chi connectivity index (χ1v) is 6.64. The number of nitrogens with two attached hydrogens (primary N) is 1. The van der Waals surface area contributed by atoms with Gasteiger partial charge in [-0.25, -0.2) is 0 Å². The molecule has 16 heavy (non-hydrogen) atoms. The topological polar surface area (TPSA) is 38.5 Å². The Bertz CT molecular complexity index is 153. The lowest BCUT2D eigenvalue weighted by Gasteiger charge is -2.30. The number of hydrogen-bond acceptors (Lipinski definition) is 3. The van der Waals surface area contributed by atoms with Crippen molar-refractivity contribution in [3.05, 3.63) is 0 Å². The largest absolute Gasteiger partial charge is 0.385 e. The van der Waals surface area contributed by atoms with Gasteiger partial charge in [0, 0.05) is 32.3 Å². The van der Waals surface area contributed by atoms with E-state index in [4.69, 9.17) is 10.5 Å². The van der Waals surface area contributed by atoms with Crippen LogP contribution in [-0.4, -0.2) is 43.8 Å². The monoisotopic (exact) mass is 230 g/mol. The summed E-state index contributed by atoms with van der Waals surface area (Å²) in [5.41, 5.74) is 6.10. The van der Waals surface area contributed by atoms with Crippen LogP contribution in [0.15, 0.2) is 0 Å². The predicted molar refractivity (Wildman–Crippen MR) is 70.7 cm³/mol. The second kappa shape index (κ2) is 10.1. The molecule has 0 aromatic carbocycles. The summed E-state index contributed by atoms with van der Waals surface area (Å²) in [6.45, 7) is 9.70. The standard InChI is InChI=1S/C13H30N2O/c1-5-7-9-15(12(3)6-2)11-13(14)8-10-16-4/h12-13H,5-11,14H2,1-4H3. The summed E-state index contributed by atoms with van der Waals surface area (Å²) in [7, 11) is 1.73. The van der Waals surface area contributed by atoms with Gasteiger partial charge in [0.1, 0.15) is 0 Å². The fourth-order valence-electron chi connectivity index (χ4n) is 1.77. The minimum absolute atomic E-state index is 0.241. The van der Waals surface area contributed by atoms with Gasteiger partial charge in [-0.15, -0.1) is 0 Å². The molecular formula is C13H30N2O. The van der Waals surface area contributed by atoms with Gasteiger partial charge in [-0.3, -0.25) is 4.90 Å². The van der Waals surface area contributed by atoms with Crippen LogP contribution in [0.5, 0.6) is 0 Å². The molecule has 0 aliphatic carbocycles. The first-order valence-electron chi connectivity index (χ1n) is 6.64. The number of ether oxygens (including phenoxy) is 1. The van der Waals surface area contributed by atoms with Gasteiger partial charge in [-0.05, 0) is 32.7 Å². The van der Waals surface area contributed by atoms with Crippen LogP contribution >= 0.6 is 0 Å². The summed E-state index contributed by atoms with van der Waals surface area (Å²) in [4.78, 5) is 2.52. The van der Waals surface area contributed by atoms with Crippen molar-refractivity contribution in [2.45, 2.75) is 58.5 Å². The minimum atomic E-state index is 0.241. The van der Waals surface area contributed by atoms with Crippen LogP contribution in [0.4, 0.5) is 0 Å². The lowest BCUT2D eigenvalue weighted by Crippen LogP contribution is -2.43. The molecule has 0 aliphatic rings. The molecule has 0 saturated heterocycles. The molecule has 0 heterocycles. The maximum atomic E-state index is 6.10. The van der Waals surface area contributed by atoms with E-state index in [1.807, 2.05) is 0 Å². The molecule has 2 N–H and O–H groups in total. The minimum Gasteiger partial charge on any atom is -0.385 e. The molecular weight excluding hydrogens is 200 g/mol. The van der Waals surface area contributed by atoms with Gasteiger partial charge in [0.15, 0.2) is 0 Å². The maximum absolute atomic E-state index is 6.10. The summed E-state index contributed by atoms with van der Waals surface area (Å²) in [6.07, 6.45) is 4.66. The zero-order chi connectivity index (χ0) is 12.4. The van der Waals surface area contributed by atoms with Crippen molar-refractivity contribution in [2.75, 3.05) is 26.8 Å². The second-order valence-electron chi connectivity index (χ2n) is 4.65. The highest BCUT2D eigenvalue weighted by molar-refractivity contribution is 4.72. The van der Waals surface area contributed by atoms with E-state index in [0.29, 0.717) is 6.04 Å². The van der Waals surface area contributed by atoms with Crippen LogP contribution in [0, 0.1) is 0 Å². The Morgan fingerprint density at radius 2 is 2.00 bits per heavy atom. The van der Waals surface area contributed by atoms with E-state index >= 15 is 0 Å². The Hall–Kier alpha value is -0.120. The average Bonchev–Trinajstić information content (AvgIpc) is 2.30. The molecule has 0 aromatic rings. The fraction of sp³-hybridized carbons (Fsp3) is 1.00. The first kappa shape index (κ1) is 15.9. The number of methoxy groups -OCH3 is 1. The molecule has 3 heteroatoms. The van der Waals surface area contributed by atoms with E-state index in [-0.39, 0.29) is 6.04 Å². The quantitative estimate of drug-likeness (QED) is 0.625. The molecule has 0 bridgehead atoms. The zero-order valence-electron chi connectivity index (χ0n) is 11.5. The van der Waals surface area contributed by atoms with Gasteiger partial charge in [-0.1, -0.05) is 20.3 Å². The molecule has 0 rings (SSSR count). The van der Waals surface area contributed by atoms with Crippen LogP contribution in [0.25, 0.3) is 0 Å². The summed E-state index contributed by atoms with van der Waals surface area (Å²) in [5, 5.41) is 0. The Balaban J connectivity index is 3.97. The Kier molecular flexibility index (Phi) is 9.99. The third kappa shape index (κ3) is 7.20. The molecule has 2 unspecified atom stereocenters. The number of hydrogen-bond donors (Lipinski definition) is 1. The highest BCUT2D eigenvalue weighted by atomic mass is 16.5. The molecule has 0 spiro atoms. The molecule has 3 nitrogen and oxygen atoms in total. The van der Waals surface area contributed by atoms with Gasteiger partial charge in [0.2, 0.25) is 0 Å². The Morgan fingerprint density at radius 3 is 2.50 bits per heavy atom. The molecule has 0 aromatic heterocycles. The number of rotatable bonds is 10. The van der Waals surface area contributed by atoms with Crippen molar-refractivity contribution in [3.63, 3.8) is 0 Å². The molecule has 0 aliphatic heterocycles. The van der Waals surface area contributed by atoms with Gasteiger partial charge >= 0.3 is 0 Å². The third-order valence-electron chi connectivity index (χ3n) is 3.17. The van der Waals surface area contributed by atoms with Crippen molar-refractivity contribution in [1.82, 2.24) is 4.90 Å². The van der Waals surface area contributed by atoms with Crippen molar-refractivity contribution in [3.8, 4) is 0 Å². The zero-order valence-corrected chi connectivity index (χ0v) is 11.5. The second-order valence-corrected chi connectivity index (χ2v) is 4.65. The summed E-state index contributed by atoms with van der Waals surface area (Å²) >= 11 is 0. The average molecular weight is 230 g/mol. The highest BCUT2D eigenvalue weighted by Crippen LogP contribution is 2.07. The van der Waals surface area contributed by atoms with E-state index in [9.17, 15) is 0 Å². The van der Waals surface area contributed by atoms with Crippen molar-refractivity contribution < 1.29 is 4.74 Å². The summed E-state index contributed by atoms with van der Waals surface area (Å²) in [6, 6.07) is 0.881. The molecule has 0 saturated carbocycles. The van der Waals surface area contributed by atoms with E-state index in [1.165, 1.54) is 25.8 Å². The molecule has 0 amide bonds. The fourth-order valence-corrected chi connectivity index (χ4v) is 1.77. The number of unbranched alkanes of at least 4 members (excludes halogenated alkanes) is 1. The van der Waals surface area contributed by atoms with Crippen LogP contribution in [0.3, 0.4) is 0 Å². The number of nitrogens with zero attached hydrogens (tertiary/aromatic N) is 1. The SMILES string of the molecule is CCCCN(CC(N)CCOC)C(C)CC. The van der Waals surface area contributed by atoms with Gasteiger partial charge in [0.25, 0.3) is 0 Å². The lowest BCUT2D eigenvalue weighted by molar-refractivity contribution is 0.156. The van der Waals surface area contributed by atoms with E-state index in [0.717, 1.165) is 19.6 Å². The summed E-state index contributed by atoms with van der Waals surface area (Å²) < 4.78 is 5.06. The smallest absolute Gasteiger partial charge is 0.0477 e. The van der Waals surface area contributed by atoms with Gasteiger partial charge in [0.05, 0.1) is 0 Å². The van der Waals surface area contributed by atoms with E-state index in [2.05, 4.69) is 25.7 Å². The van der Waals surface area contributed by atoms with Crippen LogP contribution in [-0.2, 0) is 4.74 Å². The van der Waals surface area contributed by atoms with E-state index in [1.54, 1.807) is 7.11 Å². The molecule has 2 atom stereocenters. The van der Waals surface area contributed by atoms with Crippen molar-refractivity contribution in [1.29, 1.82) is 0 Å². The van der Waals surface area contributed by atoms with Crippen LogP contribution in [0.2, 0.25) is 0 Å². The third-order valence-corrected chi connectivity index (χ3v) is 3.17. The van der Waals surface area contributed by atoms with Crippen LogP contribution < -0.4 is 5.73 Å². The normalized spacial score (nSPS) is 15.4. The Labute approximate surface area is 101 Å². The molecule has 0 fully saturated rings. The Morgan fingerprint density at radius 1 is 1.31 bits per heavy atom. The van der Waals surface area contributed by atoms with Crippen LogP contribution in [0.1, 0.15) is 46.5 Å². The molecule has 98 valence electrons. The highest BCUT2D eigenvalue weighted by Gasteiger charge is 2.14. The first-order chi connectivity index (χ1) is 7.65.